The number of nitrogens with one attached hydrogen (secondary N) is 1. The average molecular weight is 340 g/mol. The molecule has 0 unspecified atom stereocenters. The van der Waals surface area contributed by atoms with E-state index in [-0.39, 0.29) is 28.3 Å². The van der Waals surface area contributed by atoms with Gasteiger partial charge in [0.15, 0.2) is 17.9 Å². The lowest BCUT2D eigenvalue weighted by atomic mass is 10.1. The van der Waals surface area contributed by atoms with Crippen LogP contribution < -0.4 is 11.2 Å². The highest BCUT2D eigenvalue weighted by Gasteiger charge is 2.44. The third kappa shape index (κ3) is 2.33. The fourth-order valence-electron chi connectivity index (χ4n) is 2.72. The van der Waals surface area contributed by atoms with Crippen LogP contribution in [0.15, 0.2) is 17.7 Å². The molecule has 4 atom stereocenters. The number of oxime groups is 1. The second-order valence-corrected chi connectivity index (χ2v) is 5.20. The predicted molar refractivity (Wildman–Crippen MR) is 78.5 cm³/mol. The highest BCUT2D eigenvalue weighted by Crippen LogP contribution is 2.34. The van der Waals surface area contributed by atoms with Crippen LogP contribution in [-0.2, 0) is 4.74 Å². The quantitative estimate of drug-likeness (QED) is 0.141. The molecule has 0 amide bonds. The first-order valence-electron chi connectivity index (χ1n) is 6.89. The molecule has 1 aliphatic heterocycles. The predicted octanol–water partition coefficient (Wildman–Crippen LogP) is -2.06. The lowest BCUT2D eigenvalue weighted by molar-refractivity contribution is -0.0508. The Morgan fingerprint density at radius 1 is 1.38 bits per heavy atom. The topological polar surface area (TPSA) is 192 Å². The zero-order valence-corrected chi connectivity index (χ0v) is 12.2. The van der Waals surface area contributed by atoms with Crippen molar-refractivity contribution in [2.45, 2.75) is 24.5 Å². The maximum atomic E-state index is 10.2. The summed E-state index contributed by atoms with van der Waals surface area (Å²) in [4.78, 5) is 7.89. The summed E-state index contributed by atoms with van der Waals surface area (Å²) in [6, 6.07) is 0. The number of hydrogen-bond acceptors (Lipinski definition) is 10. The first-order chi connectivity index (χ1) is 11.5. The average Bonchev–Trinajstić information content (AvgIpc) is 3.12. The Kier molecular flexibility index (Phi) is 4.21. The molecule has 2 aromatic heterocycles. The molecule has 0 radical (unpaired) electrons. The van der Waals surface area contributed by atoms with E-state index in [0.29, 0.717) is 0 Å². The van der Waals surface area contributed by atoms with E-state index in [1.54, 1.807) is 0 Å². The molecule has 3 rings (SSSR count). The smallest absolute Gasteiger partial charge is 0.172 e. The van der Waals surface area contributed by atoms with Gasteiger partial charge in [-0.2, -0.15) is 0 Å². The van der Waals surface area contributed by atoms with E-state index in [9.17, 15) is 20.5 Å². The first kappa shape index (κ1) is 16.4. The Morgan fingerprint density at radius 3 is 2.71 bits per heavy atom. The Hall–Kier alpha value is -2.51. The van der Waals surface area contributed by atoms with Crippen molar-refractivity contribution >= 4 is 22.7 Å². The number of nitrogens with two attached hydrogens (primary N) is 1. The number of amidine groups is 1. The van der Waals surface area contributed by atoms with Crippen molar-refractivity contribution in [3.8, 4) is 0 Å². The van der Waals surface area contributed by atoms with Crippen molar-refractivity contribution in [2.24, 2.45) is 10.9 Å². The van der Waals surface area contributed by atoms with Gasteiger partial charge in [-0.3, -0.25) is 10.7 Å². The molecule has 0 bridgehead atoms. The number of aliphatic hydroxyl groups excluding tert-OH is 3. The standard InChI is InChI=1S/C12H16N6O6/c13-9(16-22)4-1-18(11-6(4)10(17-23)14-3-15-11)12-8(21)7(20)5(2-19)24-12/h1,3,5,7-8,12,19-23H,2H2,(H2,13,16)(H,14,15,17)/t5-,7-,8+,12-/m0/s1. The summed E-state index contributed by atoms with van der Waals surface area (Å²) in [6.45, 7) is -0.487. The maximum absolute atomic E-state index is 10.2. The van der Waals surface area contributed by atoms with Gasteiger partial charge >= 0.3 is 0 Å². The third-order valence-corrected chi connectivity index (χ3v) is 3.89. The zero-order chi connectivity index (χ0) is 17.4. The maximum Gasteiger partial charge on any atom is 0.172 e. The number of ether oxygens (including phenoxy) is 1. The number of fused-ring (bicyclic) bond motifs is 1. The van der Waals surface area contributed by atoms with E-state index in [0.717, 1.165) is 6.33 Å². The van der Waals surface area contributed by atoms with E-state index in [2.05, 4.69) is 15.1 Å². The van der Waals surface area contributed by atoms with Crippen LogP contribution >= 0.6 is 0 Å². The summed E-state index contributed by atoms with van der Waals surface area (Å²) in [5.41, 5.74) is 7.89. The molecule has 0 aliphatic carbocycles. The van der Waals surface area contributed by atoms with Crippen LogP contribution in [0.4, 0.5) is 5.82 Å². The lowest BCUT2D eigenvalue weighted by Crippen LogP contribution is -2.33. The van der Waals surface area contributed by atoms with Crippen LogP contribution in [0.1, 0.15) is 11.8 Å². The van der Waals surface area contributed by atoms with Gasteiger partial charge in [0.1, 0.15) is 30.3 Å². The molecule has 0 spiro atoms. The molecule has 12 nitrogen and oxygen atoms in total. The molecule has 12 heteroatoms. The van der Waals surface area contributed by atoms with Crippen LogP contribution in [0.5, 0.6) is 0 Å². The van der Waals surface area contributed by atoms with E-state index >= 15 is 0 Å². The molecular formula is C12H16N6O6. The van der Waals surface area contributed by atoms with Crippen molar-refractivity contribution in [2.75, 3.05) is 12.1 Å². The molecular weight excluding hydrogens is 324 g/mol. The molecule has 8 N–H and O–H groups in total. The molecule has 1 aliphatic rings. The summed E-state index contributed by atoms with van der Waals surface area (Å²) in [6.07, 6.45) is -2.20. The summed E-state index contributed by atoms with van der Waals surface area (Å²) >= 11 is 0. The fourth-order valence-corrected chi connectivity index (χ4v) is 2.72. The number of hydrogen-bond donors (Lipinski definition) is 7. The monoisotopic (exact) mass is 340 g/mol. The molecule has 130 valence electrons. The van der Waals surface area contributed by atoms with Crippen LogP contribution in [0.3, 0.4) is 0 Å². The molecule has 24 heavy (non-hydrogen) atoms. The minimum Gasteiger partial charge on any atom is -0.409 e. The van der Waals surface area contributed by atoms with E-state index in [4.69, 9.17) is 15.7 Å². The van der Waals surface area contributed by atoms with Gasteiger partial charge in [0, 0.05) is 6.20 Å². The lowest BCUT2D eigenvalue weighted by Gasteiger charge is -2.17. The molecule has 1 saturated heterocycles. The Balaban J connectivity index is 2.20. The van der Waals surface area contributed by atoms with Gasteiger partial charge in [-0.1, -0.05) is 5.16 Å². The van der Waals surface area contributed by atoms with Crippen molar-refractivity contribution < 1.29 is 30.5 Å². The minimum atomic E-state index is -1.35. The minimum absolute atomic E-state index is 0.00732. The van der Waals surface area contributed by atoms with Crippen molar-refractivity contribution in [3.63, 3.8) is 0 Å². The van der Waals surface area contributed by atoms with Crippen LogP contribution in [0.25, 0.3) is 11.0 Å². The second-order valence-electron chi connectivity index (χ2n) is 5.20. The molecule has 2 aromatic rings. The third-order valence-electron chi connectivity index (χ3n) is 3.89. The van der Waals surface area contributed by atoms with Crippen LogP contribution in [0.2, 0.25) is 0 Å². The second kappa shape index (κ2) is 6.18. The summed E-state index contributed by atoms with van der Waals surface area (Å²) in [7, 11) is 0. The van der Waals surface area contributed by atoms with Crippen molar-refractivity contribution in [1.29, 1.82) is 0 Å². The number of aliphatic hydroxyl groups is 3. The van der Waals surface area contributed by atoms with Gasteiger partial charge in [-0.15, -0.1) is 0 Å². The van der Waals surface area contributed by atoms with Crippen molar-refractivity contribution in [3.05, 3.63) is 18.1 Å². The Bertz CT molecular complexity index is 779. The summed E-state index contributed by atoms with van der Waals surface area (Å²) < 4.78 is 6.80. The largest absolute Gasteiger partial charge is 0.409 e. The number of anilines is 1. The highest BCUT2D eigenvalue weighted by molar-refractivity contribution is 6.11. The molecule has 3 heterocycles. The first-order valence-corrected chi connectivity index (χ1v) is 6.89. The molecule has 0 aromatic carbocycles. The number of nitrogens with zero attached hydrogens (tertiary/aromatic N) is 4. The zero-order valence-electron chi connectivity index (χ0n) is 12.2. The van der Waals surface area contributed by atoms with Crippen molar-refractivity contribution in [1.82, 2.24) is 14.5 Å². The van der Waals surface area contributed by atoms with Gasteiger partial charge in [-0.05, 0) is 0 Å². The SMILES string of the molecule is N/C(=N/O)c1cn([C@H]2O[C@@H](CO)[C@H](O)[C@H]2O)c2ncnc(NO)c12. The summed E-state index contributed by atoms with van der Waals surface area (Å²) in [5.74, 6) is -0.288. The van der Waals surface area contributed by atoms with E-state index in [1.807, 2.05) is 5.48 Å². The summed E-state index contributed by atoms with van der Waals surface area (Å²) in [5, 5.41) is 50.6. The van der Waals surface area contributed by atoms with Gasteiger partial charge in [0.2, 0.25) is 0 Å². The van der Waals surface area contributed by atoms with Gasteiger partial charge < -0.3 is 35.6 Å². The van der Waals surface area contributed by atoms with E-state index < -0.39 is 31.1 Å². The van der Waals surface area contributed by atoms with E-state index in [1.165, 1.54) is 10.8 Å². The van der Waals surface area contributed by atoms with Gasteiger partial charge in [0.25, 0.3) is 0 Å². The van der Waals surface area contributed by atoms with Crippen LogP contribution in [-0.4, -0.2) is 71.0 Å². The van der Waals surface area contributed by atoms with Gasteiger partial charge in [0.05, 0.1) is 17.6 Å². The Labute approximate surface area is 134 Å². The van der Waals surface area contributed by atoms with Crippen LogP contribution in [0, 0.1) is 0 Å². The fraction of sp³-hybridized carbons (Fsp3) is 0.417. The number of aromatic nitrogens is 3. The molecule has 0 saturated carbocycles. The number of rotatable bonds is 4. The molecule has 1 fully saturated rings. The highest BCUT2D eigenvalue weighted by atomic mass is 16.6. The normalized spacial score (nSPS) is 27.8. The Morgan fingerprint density at radius 2 is 2.12 bits per heavy atom. The van der Waals surface area contributed by atoms with Gasteiger partial charge in [-0.25, -0.2) is 9.97 Å².